The minimum atomic E-state index is -1.64. The molecule has 0 fully saturated rings. The lowest BCUT2D eigenvalue weighted by Crippen LogP contribution is -2.51. The Morgan fingerprint density at radius 2 is 1.06 bits per heavy atom. The highest BCUT2D eigenvalue weighted by Gasteiger charge is 2.59. The van der Waals surface area contributed by atoms with Crippen molar-refractivity contribution in [3.63, 3.8) is 0 Å². The second kappa shape index (κ2) is 5.18. The summed E-state index contributed by atoms with van der Waals surface area (Å²) in [6.45, 7) is 23.1. The van der Waals surface area contributed by atoms with E-state index in [1.165, 1.54) is 0 Å². The third kappa shape index (κ3) is 2.78. The van der Waals surface area contributed by atoms with Gasteiger partial charge in [0.05, 0.1) is 4.90 Å². The molecule has 0 aromatic rings. The summed E-state index contributed by atoms with van der Waals surface area (Å²) < 4.78 is 0. The lowest BCUT2D eigenvalue weighted by Gasteiger charge is -2.59. The molecule has 0 radical (unpaired) electrons. The number of hydrogen-bond acceptors (Lipinski definition) is 2. The molecule has 0 nitrogen and oxygen atoms in total. The predicted molar refractivity (Wildman–Crippen MR) is 95.9 cm³/mol. The lowest BCUT2D eigenvalue weighted by atomic mass is 9.76. The van der Waals surface area contributed by atoms with Crippen LogP contribution in [0, 0.1) is 10.8 Å². The Bertz CT molecular complexity index is 351. The molecule has 0 N–H and O–H groups in total. The van der Waals surface area contributed by atoms with Crippen LogP contribution in [0.5, 0.6) is 0 Å². The molecule has 0 heterocycles. The molecule has 1 atom stereocenters. The normalized spacial score (nSPS) is 18.8. The first-order chi connectivity index (χ1) is 7.56. The predicted octanol–water partition coefficient (Wildman–Crippen LogP) is 6.09. The highest BCUT2D eigenvalue weighted by atomic mass is 32.5. The minimum absolute atomic E-state index is 0.00984. The van der Waals surface area contributed by atoms with Gasteiger partial charge in [0.2, 0.25) is 0 Å². The summed E-state index contributed by atoms with van der Waals surface area (Å²) in [5.74, 6) is 0. The number of rotatable bonds is 2. The standard InChI is InChI=1S/C14H30P2S2/c1-11(2,3)14(15-17,12(4,5)6)16(10,18)13(7,8)9/h1-10H3/t16-/m1/s1. The third-order valence-electron chi connectivity index (χ3n) is 4.12. The van der Waals surface area contributed by atoms with Crippen LogP contribution in [-0.2, 0) is 23.6 Å². The maximum Gasteiger partial charge on any atom is 0.0614 e. The van der Waals surface area contributed by atoms with Crippen molar-refractivity contribution in [2.75, 3.05) is 6.66 Å². The van der Waals surface area contributed by atoms with Crippen LogP contribution >= 0.6 is 13.4 Å². The van der Waals surface area contributed by atoms with Gasteiger partial charge in [0.1, 0.15) is 0 Å². The molecule has 0 aliphatic rings. The summed E-state index contributed by atoms with van der Waals surface area (Å²) in [5.41, 5.74) is 0.234. The fourth-order valence-electron chi connectivity index (χ4n) is 3.24. The Hall–Kier alpha value is 1.17. The van der Waals surface area contributed by atoms with Crippen molar-refractivity contribution in [2.45, 2.75) is 72.4 Å². The number of hydrogen-bond donors (Lipinski definition) is 0. The molecule has 0 aliphatic carbocycles. The van der Waals surface area contributed by atoms with E-state index in [1.807, 2.05) is 0 Å². The molecule has 108 valence electrons. The molecule has 18 heavy (non-hydrogen) atoms. The smallest absolute Gasteiger partial charge is 0.0614 e. The van der Waals surface area contributed by atoms with E-state index in [-0.39, 0.29) is 20.9 Å². The molecular weight excluding hydrogens is 294 g/mol. The van der Waals surface area contributed by atoms with Crippen LogP contribution in [0.1, 0.15) is 62.3 Å². The van der Waals surface area contributed by atoms with E-state index in [9.17, 15) is 0 Å². The lowest BCUT2D eigenvalue weighted by molar-refractivity contribution is 0.212. The van der Waals surface area contributed by atoms with E-state index in [0.717, 1.165) is 7.36 Å². The molecule has 0 saturated carbocycles. The zero-order chi connectivity index (χ0) is 15.2. The van der Waals surface area contributed by atoms with Crippen molar-refractivity contribution in [3.05, 3.63) is 0 Å². The maximum absolute atomic E-state index is 6.25. The fourth-order valence-corrected chi connectivity index (χ4v) is 14.4. The van der Waals surface area contributed by atoms with Gasteiger partial charge in [-0.05, 0) is 36.0 Å². The van der Waals surface area contributed by atoms with Gasteiger partial charge in [0.15, 0.2) is 0 Å². The van der Waals surface area contributed by atoms with Crippen LogP contribution in [0.4, 0.5) is 0 Å². The Balaban J connectivity index is 6.47. The fraction of sp³-hybridized carbons (Fsp3) is 1.00. The van der Waals surface area contributed by atoms with Crippen LogP contribution in [0.2, 0.25) is 0 Å². The summed E-state index contributed by atoms with van der Waals surface area (Å²) >= 11 is 11.9. The summed E-state index contributed by atoms with van der Waals surface area (Å²) in [4.78, 5) is 0.00984. The van der Waals surface area contributed by atoms with Gasteiger partial charge in [0.25, 0.3) is 0 Å². The first-order valence-electron chi connectivity index (χ1n) is 6.48. The van der Waals surface area contributed by atoms with Crippen LogP contribution in [0.3, 0.4) is 0 Å². The zero-order valence-electron chi connectivity index (χ0n) is 13.7. The SMILES string of the molecule is CC(C)(C)C(P=S)(C(C)(C)C)[P@](C)(=S)C(C)(C)C. The highest BCUT2D eigenvalue weighted by Crippen LogP contribution is 2.78. The van der Waals surface area contributed by atoms with Gasteiger partial charge in [-0.15, -0.1) is 0 Å². The highest BCUT2D eigenvalue weighted by molar-refractivity contribution is 8.19. The van der Waals surface area contributed by atoms with E-state index in [2.05, 4.69) is 69.0 Å². The van der Waals surface area contributed by atoms with Crippen LogP contribution < -0.4 is 0 Å². The Morgan fingerprint density at radius 1 is 0.778 bits per heavy atom. The maximum atomic E-state index is 6.25. The second-order valence-electron chi connectivity index (χ2n) is 8.36. The third-order valence-corrected chi connectivity index (χ3v) is 16.5. The van der Waals surface area contributed by atoms with Crippen molar-refractivity contribution in [2.24, 2.45) is 10.8 Å². The topological polar surface area (TPSA) is 0 Å². The van der Waals surface area contributed by atoms with Crippen LogP contribution in [0.15, 0.2) is 0 Å². The molecule has 0 aromatic heterocycles. The van der Waals surface area contributed by atoms with E-state index < -0.39 is 6.04 Å². The molecule has 4 heteroatoms. The average Bonchev–Trinajstić information content (AvgIpc) is 1.96. The summed E-state index contributed by atoms with van der Waals surface area (Å²) in [7, 11) is 1.03. The van der Waals surface area contributed by atoms with Gasteiger partial charge in [-0.3, -0.25) is 0 Å². The van der Waals surface area contributed by atoms with Crippen LogP contribution in [0.25, 0.3) is 0 Å². The van der Waals surface area contributed by atoms with Gasteiger partial charge in [-0.1, -0.05) is 85.9 Å². The second-order valence-corrected chi connectivity index (χ2v) is 16.2. The van der Waals surface area contributed by atoms with E-state index >= 15 is 0 Å². The largest absolute Gasteiger partial charge is 0.0959 e. The summed E-state index contributed by atoms with van der Waals surface area (Å²) in [6.07, 6.45) is 0. The van der Waals surface area contributed by atoms with Gasteiger partial charge < -0.3 is 0 Å². The van der Waals surface area contributed by atoms with Crippen molar-refractivity contribution < 1.29 is 0 Å². The van der Waals surface area contributed by atoms with Crippen molar-refractivity contribution in [1.29, 1.82) is 0 Å². The van der Waals surface area contributed by atoms with E-state index in [4.69, 9.17) is 23.6 Å². The van der Waals surface area contributed by atoms with Gasteiger partial charge in [0, 0.05) is 0 Å². The first-order valence-corrected chi connectivity index (χ1v) is 11.6. The Morgan fingerprint density at radius 3 is 1.11 bits per heavy atom. The van der Waals surface area contributed by atoms with Crippen molar-refractivity contribution in [3.8, 4) is 0 Å². The van der Waals surface area contributed by atoms with Gasteiger partial charge >= 0.3 is 0 Å². The van der Waals surface area contributed by atoms with Crippen molar-refractivity contribution in [1.82, 2.24) is 0 Å². The average molecular weight is 324 g/mol. The molecule has 0 saturated heterocycles. The summed E-state index contributed by atoms with van der Waals surface area (Å²) in [6, 6.07) is -1.64. The Labute approximate surface area is 127 Å². The van der Waals surface area contributed by atoms with Crippen LogP contribution in [-0.4, -0.2) is 16.7 Å². The molecule has 0 spiro atoms. The quantitative estimate of drug-likeness (QED) is 0.564. The van der Waals surface area contributed by atoms with Crippen molar-refractivity contribution >= 4 is 37.0 Å². The molecule has 0 aromatic carbocycles. The molecule has 0 unspecified atom stereocenters. The monoisotopic (exact) mass is 324 g/mol. The molecule has 0 aliphatic heterocycles. The summed E-state index contributed by atoms with van der Waals surface area (Å²) in [5, 5.41) is 0.148. The van der Waals surface area contributed by atoms with E-state index in [1.54, 1.807) is 0 Å². The molecular formula is C14H30P2S2. The molecule has 0 rings (SSSR count). The van der Waals surface area contributed by atoms with Gasteiger partial charge in [-0.2, -0.15) is 0 Å². The molecule has 0 bridgehead atoms. The minimum Gasteiger partial charge on any atom is -0.0959 e. The van der Waals surface area contributed by atoms with E-state index in [0.29, 0.717) is 0 Å². The first kappa shape index (κ1) is 19.2. The molecule has 0 amide bonds. The zero-order valence-corrected chi connectivity index (χ0v) is 17.1. The Kier molecular flexibility index (Phi) is 5.51. The van der Waals surface area contributed by atoms with Gasteiger partial charge in [-0.25, -0.2) is 0 Å².